The van der Waals surface area contributed by atoms with Crippen LogP contribution in [-0.4, -0.2) is 24.8 Å². The highest BCUT2D eigenvalue weighted by Crippen LogP contribution is 2.45. The lowest BCUT2D eigenvalue weighted by Crippen LogP contribution is -2.12. The molecule has 68 heavy (non-hydrogen) atoms. The minimum absolute atomic E-state index is 0.283. The minimum Gasteiger partial charge on any atom is -0.233 e. The molecule has 6 nitrogen and oxygen atoms in total. The SMILES string of the molecule is Cc1ccc(-c2c3ccccc3cc3c2c2ccccc2n3S(=O)(=O)c2ccc(C)cc2)cc1.Cc1ccc(-c2c3ccccc3cc3c2c2ccccc2n3S(=O)(=O)c2ccc(C)cc2)cc1. The van der Waals surface area contributed by atoms with Crippen LogP contribution in [0.5, 0.6) is 0 Å². The number of fused-ring (bicyclic) bond motifs is 8. The third-order valence-electron chi connectivity index (χ3n) is 13.1. The van der Waals surface area contributed by atoms with Crippen LogP contribution < -0.4 is 0 Å². The second-order valence-corrected chi connectivity index (χ2v) is 21.2. The van der Waals surface area contributed by atoms with Crippen LogP contribution in [0.4, 0.5) is 0 Å². The first-order valence-corrected chi connectivity index (χ1v) is 25.5. The van der Waals surface area contributed by atoms with Crippen molar-refractivity contribution in [1.29, 1.82) is 0 Å². The van der Waals surface area contributed by atoms with Crippen molar-refractivity contribution in [3.05, 3.63) is 229 Å². The minimum atomic E-state index is -3.82. The third kappa shape index (κ3) is 7.07. The monoisotopic (exact) mass is 922 g/mol. The molecule has 10 aromatic carbocycles. The Bertz CT molecular complexity index is 3900. The fraction of sp³-hybridized carbons (Fsp3) is 0.0667. The van der Waals surface area contributed by atoms with E-state index in [0.717, 1.165) is 76.5 Å². The standard InChI is InChI=1S/2C30H23NO2S/c2*1-20-11-15-22(16-12-20)29-25-8-4-3-7-23(25)19-28-30(29)26-9-5-6-10-27(26)31(28)34(32,33)24-17-13-21(2)14-18-24/h2*3-19H,1-2H3. The largest absolute Gasteiger partial charge is 0.268 e. The molecule has 2 aromatic heterocycles. The third-order valence-corrected chi connectivity index (χ3v) is 16.6. The topological polar surface area (TPSA) is 78.1 Å². The summed E-state index contributed by atoms with van der Waals surface area (Å²) in [5.41, 5.74) is 11.4. The van der Waals surface area contributed by atoms with Gasteiger partial charge in [-0.05, 0) is 120 Å². The Balaban J connectivity index is 0.000000149. The number of benzene rings is 10. The number of para-hydroxylation sites is 2. The predicted octanol–water partition coefficient (Wildman–Crippen LogP) is 14.9. The van der Waals surface area contributed by atoms with Crippen molar-refractivity contribution in [2.75, 3.05) is 0 Å². The molecule has 0 aliphatic rings. The molecule has 8 heteroatoms. The van der Waals surface area contributed by atoms with E-state index < -0.39 is 20.0 Å². The van der Waals surface area contributed by atoms with Gasteiger partial charge in [-0.3, -0.25) is 0 Å². The predicted molar refractivity (Wildman–Crippen MR) is 282 cm³/mol. The average Bonchev–Trinajstić information content (AvgIpc) is 3.87. The Morgan fingerprint density at radius 1 is 0.309 bits per heavy atom. The molecule has 0 radical (unpaired) electrons. The molecule has 0 N–H and O–H groups in total. The Kier molecular flexibility index (Phi) is 10.4. The van der Waals surface area contributed by atoms with Crippen molar-refractivity contribution >= 4 is 85.2 Å². The molecule has 12 rings (SSSR count). The summed E-state index contributed by atoms with van der Waals surface area (Å²) in [7, 11) is -7.65. The van der Waals surface area contributed by atoms with Crippen molar-refractivity contribution in [2.24, 2.45) is 0 Å². The van der Waals surface area contributed by atoms with Gasteiger partial charge in [0.2, 0.25) is 0 Å². The van der Waals surface area contributed by atoms with E-state index in [4.69, 9.17) is 0 Å². The summed E-state index contributed by atoms with van der Waals surface area (Å²) in [5.74, 6) is 0. The van der Waals surface area contributed by atoms with E-state index in [1.807, 2.05) is 135 Å². The second kappa shape index (κ2) is 16.5. The van der Waals surface area contributed by atoms with Crippen molar-refractivity contribution in [1.82, 2.24) is 7.94 Å². The van der Waals surface area contributed by atoms with E-state index in [2.05, 4.69) is 74.5 Å². The molecule has 0 saturated carbocycles. The lowest BCUT2D eigenvalue weighted by atomic mass is 9.93. The molecule has 0 saturated heterocycles. The zero-order valence-corrected chi connectivity index (χ0v) is 39.6. The van der Waals surface area contributed by atoms with Crippen molar-refractivity contribution in [3.63, 3.8) is 0 Å². The summed E-state index contributed by atoms with van der Waals surface area (Å²) in [5, 5.41) is 7.98. The van der Waals surface area contributed by atoms with Crippen molar-refractivity contribution in [2.45, 2.75) is 37.5 Å². The van der Waals surface area contributed by atoms with Gasteiger partial charge >= 0.3 is 0 Å². The molecular weight excluding hydrogens is 877 g/mol. The quantitative estimate of drug-likeness (QED) is 0.166. The maximum absolute atomic E-state index is 14.0. The lowest BCUT2D eigenvalue weighted by Gasteiger charge is -2.13. The maximum Gasteiger partial charge on any atom is 0.268 e. The average molecular weight is 923 g/mol. The number of hydrogen-bond acceptors (Lipinski definition) is 4. The van der Waals surface area contributed by atoms with Crippen molar-refractivity contribution in [3.8, 4) is 22.3 Å². The molecule has 0 bridgehead atoms. The van der Waals surface area contributed by atoms with Crippen LogP contribution in [0.1, 0.15) is 22.3 Å². The van der Waals surface area contributed by atoms with Gasteiger partial charge in [-0.2, -0.15) is 0 Å². The first-order chi connectivity index (χ1) is 32.9. The van der Waals surface area contributed by atoms with Crippen LogP contribution in [0.15, 0.2) is 216 Å². The highest BCUT2D eigenvalue weighted by molar-refractivity contribution is 7.90. The highest BCUT2D eigenvalue weighted by atomic mass is 32.2. The molecule has 332 valence electrons. The number of rotatable bonds is 6. The van der Waals surface area contributed by atoms with Crippen molar-refractivity contribution < 1.29 is 16.8 Å². The number of hydrogen-bond donors (Lipinski definition) is 0. The van der Waals surface area contributed by atoms with E-state index in [1.165, 1.54) is 19.1 Å². The molecule has 2 heterocycles. The highest BCUT2D eigenvalue weighted by Gasteiger charge is 2.28. The summed E-state index contributed by atoms with van der Waals surface area (Å²) in [6.07, 6.45) is 0. The second-order valence-electron chi connectivity index (χ2n) is 17.7. The smallest absolute Gasteiger partial charge is 0.233 e. The number of aryl methyl sites for hydroxylation is 4. The molecule has 0 unspecified atom stereocenters. The van der Waals surface area contributed by atoms with Gasteiger partial charge in [-0.1, -0.05) is 180 Å². The van der Waals surface area contributed by atoms with Crippen LogP contribution in [0, 0.1) is 27.7 Å². The number of aromatic nitrogens is 2. The molecule has 0 atom stereocenters. The normalized spacial score (nSPS) is 12.1. The van der Waals surface area contributed by atoms with Gasteiger partial charge in [0.15, 0.2) is 0 Å². The van der Waals surface area contributed by atoms with Crippen LogP contribution in [0.25, 0.3) is 87.4 Å². The van der Waals surface area contributed by atoms with Crippen LogP contribution in [0.2, 0.25) is 0 Å². The summed E-state index contributed by atoms with van der Waals surface area (Å²) in [6.45, 7) is 8.05. The zero-order valence-electron chi connectivity index (χ0n) is 38.0. The van der Waals surface area contributed by atoms with Gasteiger partial charge in [0.1, 0.15) is 0 Å². The van der Waals surface area contributed by atoms with Gasteiger partial charge in [-0.15, -0.1) is 0 Å². The summed E-state index contributed by atoms with van der Waals surface area (Å²) < 4.78 is 59.1. The Labute approximate surface area is 396 Å². The van der Waals surface area contributed by atoms with E-state index >= 15 is 0 Å². The molecule has 0 aliphatic heterocycles. The molecular formula is C60H46N2O4S2. The first-order valence-electron chi connectivity index (χ1n) is 22.6. The van der Waals surface area contributed by atoms with E-state index in [-0.39, 0.29) is 9.79 Å². The fourth-order valence-corrected chi connectivity index (χ4v) is 12.7. The van der Waals surface area contributed by atoms with Gasteiger partial charge in [0.05, 0.1) is 31.9 Å². The summed E-state index contributed by atoms with van der Waals surface area (Å²) in [6, 6.07) is 67.0. The number of nitrogens with zero attached hydrogens (tertiary/aromatic N) is 2. The fourth-order valence-electron chi connectivity index (χ4n) is 9.70. The summed E-state index contributed by atoms with van der Waals surface area (Å²) >= 11 is 0. The van der Waals surface area contributed by atoms with Gasteiger partial charge in [-0.25, -0.2) is 24.8 Å². The molecule has 0 amide bonds. The van der Waals surface area contributed by atoms with E-state index in [9.17, 15) is 16.8 Å². The van der Waals surface area contributed by atoms with E-state index in [1.54, 1.807) is 24.3 Å². The molecule has 0 spiro atoms. The Hall–Kier alpha value is -7.78. The summed E-state index contributed by atoms with van der Waals surface area (Å²) in [4.78, 5) is 0.566. The Morgan fingerprint density at radius 2 is 0.603 bits per heavy atom. The zero-order chi connectivity index (χ0) is 46.9. The van der Waals surface area contributed by atoms with E-state index in [0.29, 0.717) is 22.1 Å². The van der Waals surface area contributed by atoms with Crippen LogP contribution in [0.3, 0.4) is 0 Å². The Morgan fingerprint density at radius 3 is 0.956 bits per heavy atom. The van der Waals surface area contributed by atoms with Gasteiger partial charge in [0, 0.05) is 21.5 Å². The molecule has 12 aromatic rings. The molecule has 0 fully saturated rings. The first kappa shape index (κ1) is 42.8. The molecule has 0 aliphatic carbocycles. The lowest BCUT2D eigenvalue weighted by molar-refractivity contribution is 0.588. The van der Waals surface area contributed by atoms with Crippen LogP contribution in [-0.2, 0) is 20.0 Å². The van der Waals surface area contributed by atoms with Gasteiger partial charge < -0.3 is 0 Å². The van der Waals surface area contributed by atoms with Gasteiger partial charge in [0.25, 0.3) is 20.0 Å². The maximum atomic E-state index is 14.0. The van der Waals surface area contributed by atoms with Crippen LogP contribution >= 0.6 is 0 Å².